The first-order valence-electron chi connectivity index (χ1n) is 6.04. The van der Waals surface area contributed by atoms with E-state index >= 15 is 0 Å². The van der Waals surface area contributed by atoms with Gasteiger partial charge in [-0.3, -0.25) is 4.79 Å². The molecule has 2 heterocycles. The zero-order valence-corrected chi connectivity index (χ0v) is 10.2. The van der Waals surface area contributed by atoms with Gasteiger partial charge in [0.05, 0.1) is 24.7 Å². The van der Waals surface area contributed by atoms with Crippen LogP contribution in [0.2, 0.25) is 0 Å². The van der Waals surface area contributed by atoms with Crippen LogP contribution in [0.4, 0.5) is 0 Å². The molecule has 1 aliphatic carbocycles. The molecular formula is C13H15N3O2. The molecule has 0 atom stereocenters. The third kappa shape index (κ3) is 1.47. The molecule has 94 valence electrons. The van der Waals surface area contributed by atoms with Gasteiger partial charge in [0, 0.05) is 6.20 Å². The van der Waals surface area contributed by atoms with E-state index in [1.165, 1.54) is 7.11 Å². The average molecular weight is 245 g/mol. The maximum Gasteiger partial charge on any atom is 0.319 e. The van der Waals surface area contributed by atoms with Crippen molar-refractivity contribution in [2.45, 2.75) is 24.7 Å². The largest absolute Gasteiger partial charge is 0.468 e. The number of hydrogen-bond donors (Lipinski definition) is 2. The van der Waals surface area contributed by atoms with Crippen LogP contribution in [-0.2, 0) is 14.9 Å². The predicted octanol–water partition coefficient (Wildman–Crippen LogP) is 2.00. The van der Waals surface area contributed by atoms with E-state index in [2.05, 4.69) is 15.0 Å². The molecule has 0 amide bonds. The number of methoxy groups -OCH3 is 1. The first-order chi connectivity index (χ1) is 8.76. The fraction of sp³-hybridized carbons (Fsp3) is 0.385. The van der Waals surface area contributed by atoms with Crippen molar-refractivity contribution in [2.75, 3.05) is 7.11 Å². The second-order valence-corrected chi connectivity index (χ2v) is 4.66. The minimum Gasteiger partial charge on any atom is -0.468 e. The second kappa shape index (κ2) is 4.01. The summed E-state index contributed by atoms with van der Waals surface area (Å²) in [7, 11) is 1.43. The molecule has 1 aliphatic rings. The van der Waals surface area contributed by atoms with Crippen molar-refractivity contribution < 1.29 is 9.53 Å². The topological polar surface area (TPSA) is 70.8 Å². The molecule has 0 aliphatic heterocycles. The van der Waals surface area contributed by atoms with Gasteiger partial charge in [-0.15, -0.1) is 0 Å². The van der Waals surface area contributed by atoms with Crippen LogP contribution in [0.25, 0.3) is 11.4 Å². The number of H-pyrrole nitrogens is 2. The summed E-state index contributed by atoms with van der Waals surface area (Å²) in [6, 6.07) is 3.89. The highest BCUT2D eigenvalue weighted by molar-refractivity contribution is 5.83. The third-order valence-electron chi connectivity index (χ3n) is 3.70. The van der Waals surface area contributed by atoms with E-state index in [0.717, 1.165) is 30.7 Å². The maximum absolute atomic E-state index is 11.9. The van der Waals surface area contributed by atoms with Crippen molar-refractivity contribution in [3.05, 3.63) is 30.4 Å². The Morgan fingerprint density at radius 1 is 1.44 bits per heavy atom. The zero-order valence-electron chi connectivity index (χ0n) is 10.2. The summed E-state index contributed by atoms with van der Waals surface area (Å²) in [6.07, 6.45) is 6.25. The predicted molar refractivity (Wildman–Crippen MR) is 65.9 cm³/mol. The van der Waals surface area contributed by atoms with Gasteiger partial charge in [0.15, 0.2) is 0 Å². The van der Waals surface area contributed by atoms with Crippen molar-refractivity contribution >= 4 is 5.97 Å². The quantitative estimate of drug-likeness (QED) is 0.812. The highest BCUT2D eigenvalue weighted by Crippen LogP contribution is 2.43. The Kier molecular flexibility index (Phi) is 2.47. The van der Waals surface area contributed by atoms with Gasteiger partial charge in [-0.25, -0.2) is 4.98 Å². The molecule has 1 fully saturated rings. The summed E-state index contributed by atoms with van der Waals surface area (Å²) in [6.45, 7) is 0. The van der Waals surface area contributed by atoms with E-state index in [-0.39, 0.29) is 5.97 Å². The summed E-state index contributed by atoms with van der Waals surface area (Å²) in [4.78, 5) is 22.6. The number of ether oxygens (including phenoxy) is 1. The number of carbonyl (C=O) groups is 1. The Bertz CT molecular complexity index is 553. The van der Waals surface area contributed by atoms with Crippen molar-refractivity contribution in [3.63, 3.8) is 0 Å². The normalized spacial score (nSPS) is 17.2. The standard InChI is InChI=1S/C13H15N3O2/c1-18-12(17)13(5-3-6-13)11-15-8-10(16-11)9-4-2-7-14-9/h2,4,7-8,14H,3,5-6H2,1H3,(H,15,16). The molecule has 0 radical (unpaired) electrons. The van der Waals surface area contributed by atoms with Gasteiger partial charge in [-0.2, -0.15) is 0 Å². The Labute approximate surface area is 105 Å². The minimum atomic E-state index is -0.556. The van der Waals surface area contributed by atoms with Gasteiger partial charge in [0.25, 0.3) is 0 Å². The molecule has 0 spiro atoms. The smallest absolute Gasteiger partial charge is 0.319 e. The molecule has 18 heavy (non-hydrogen) atoms. The average Bonchev–Trinajstić information content (AvgIpc) is 2.97. The zero-order chi connectivity index (χ0) is 12.6. The number of carbonyl (C=O) groups excluding carboxylic acids is 1. The maximum atomic E-state index is 11.9. The molecule has 2 N–H and O–H groups in total. The van der Waals surface area contributed by atoms with Crippen LogP contribution >= 0.6 is 0 Å². The number of nitrogens with one attached hydrogen (secondary N) is 2. The Hall–Kier alpha value is -2.04. The number of aromatic nitrogens is 3. The molecular weight excluding hydrogens is 230 g/mol. The highest BCUT2D eigenvalue weighted by Gasteiger charge is 2.49. The molecule has 1 saturated carbocycles. The van der Waals surface area contributed by atoms with Crippen molar-refractivity contribution in [1.29, 1.82) is 0 Å². The van der Waals surface area contributed by atoms with E-state index in [9.17, 15) is 4.79 Å². The van der Waals surface area contributed by atoms with Gasteiger partial charge >= 0.3 is 5.97 Å². The van der Waals surface area contributed by atoms with Crippen molar-refractivity contribution in [2.24, 2.45) is 0 Å². The summed E-state index contributed by atoms with van der Waals surface area (Å²) in [5.74, 6) is 0.520. The third-order valence-corrected chi connectivity index (χ3v) is 3.70. The van der Waals surface area contributed by atoms with Crippen LogP contribution in [-0.4, -0.2) is 28.0 Å². The lowest BCUT2D eigenvalue weighted by Crippen LogP contribution is -2.44. The van der Waals surface area contributed by atoms with Gasteiger partial charge in [0.1, 0.15) is 11.2 Å². The number of aromatic amines is 2. The summed E-state index contributed by atoms with van der Waals surface area (Å²) < 4.78 is 4.91. The van der Waals surface area contributed by atoms with E-state index < -0.39 is 5.41 Å². The number of hydrogen-bond acceptors (Lipinski definition) is 3. The molecule has 2 aromatic rings. The van der Waals surface area contributed by atoms with E-state index in [0.29, 0.717) is 5.82 Å². The van der Waals surface area contributed by atoms with E-state index in [1.807, 2.05) is 18.3 Å². The van der Waals surface area contributed by atoms with E-state index in [1.54, 1.807) is 6.20 Å². The van der Waals surface area contributed by atoms with Crippen LogP contribution in [0.1, 0.15) is 25.1 Å². The van der Waals surface area contributed by atoms with Crippen LogP contribution in [0.5, 0.6) is 0 Å². The first-order valence-corrected chi connectivity index (χ1v) is 6.04. The number of esters is 1. The van der Waals surface area contributed by atoms with Crippen molar-refractivity contribution in [3.8, 4) is 11.4 Å². The Balaban J connectivity index is 1.95. The molecule has 0 aromatic carbocycles. The molecule has 0 bridgehead atoms. The van der Waals surface area contributed by atoms with Gasteiger partial charge in [-0.05, 0) is 25.0 Å². The SMILES string of the molecule is COC(=O)C1(c2ncc(-c3ccc[nH]3)[nH]2)CCC1. The lowest BCUT2D eigenvalue weighted by Gasteiger charge is -2.36. The Morgan fingerprint density at radius 2 is 2.28 bits per heavy atom. The molecule has 5 heteroatoms. The first kappa shape index (κ1) is 11.1. The minimum absolute atomic E-state index is 0.193. The molecule has 3 rings (SSSR count). The van der Waals surface area contributed by atoms with Gasteiger partial charge < -0.3 is 14.7 Å². The molecule has 5 nitrogen and oxygen atoms in total. The monoisotopic (exact) mass is 245 g/mol. The van der Waals surface area contributed by atoms with Gasteiger partial charge in [-0.1, -0.05) is 6.42 Å². The number of rotatable bonds is 3. The number of nitrogens with zero attached hydrogens (tertiary/aromatic N) is 1. The molecule has 0 unspecified atom stereocenters. The summed E-state index contributed by atoms with van der Waals surface area (Å²) in [5, 5.41) is 0. The molecule has 2 aromatic heterocycles. The van der Waals surface area contributed by atoms with Crippen LogP contribution < -0.4 is 0 Å². The molecule has 0 saturated heterocycles. The summed E-state index contributed by atoms with van der Waals surface area (Å²) in [5.41, 5.74) is 1.30. The van der Waals surface area contributed by atoms with Crippen LogP contribution in [0.15, 0.2) is 24.5 Å². The number of imidazole rings is 1. The second-order valence-electron chi connectivity index (χ2n) is 4.66. The lowest BCUT2D eigenvalue weighted by molar-refractivity contribution is -0.151. The Morgan fingerprint density at radius 3 is 2.83 bits per heavy atom. The van der Waals surface area contributed by atoms with Crippen molar-refractivity contribution in [1.82, 2.24) is 15.0 Å². The van der Waals surface area contributed by atoms with Gasteiger partial charge in [0.2, 0.25) is 0 Å². The van der Waals surface area contributed by atoms with Crippen LogP contribution in [0.3, 0.4) is 0 Å². The summed E-state index contributed by atoms with van der Waals surface area (Å²) >= 11 is 0. The van der Waals surface area contributed by atoms with E-state index in [4.69, 9.17) is 4.74 Å². The fourth-order valence-corrected chi connectivity index (χ4v) is 2.46. The van der Waals surface area contributed by atoms with Crippen LogP contribution in [0, 0.1) is 0 Å². The fourth-order valence-electron chi connectivity index (χ4n) is 2.46. The lowest BCUT2D eigenvalue weighted by atomic mass is 9.68. The highest BCUT2D eigenvalue weighted by atomic mass is 16.5.